The van der Waals surface area contributed by atoms with Crippen LogP contribution >= 0.6 is 11.6 Å². The van der Waals surface area contributed by atoms with Gasteiger partial charge in [0.2, 0.25) is 0 Å². The number of nitrogens with one attached hydrogen (secondary N) is 1. The van der Waals surface area contributed by atoms with Gasteiger partial charge >= 0.3 is 0 Å². The first-order chi connectivity index (χ1) is 8.29. The first-order valence-electron chi connectivity index (χ1n) is 6.32. The Morgan fingerprint density at radius 2 is 1.94 bits per heavy atom. The predicted molar refractivity (Wildman–Crippen MR) is 71.3 cm³/mol. The Balaban J connectivity index is 1.78. The molecule has 0 aliphatic heterocycles. The second-order valence-electron chi connectivity index (χ2n) is 4.66. The maximum absolute atomic E-state index is 6.10. The summed E-state index contributed by atoms with van der Waals surface area (Å²) in [7, 11) is 2.04. The van der Waals surface area contributed by atoms with Crippen molar-refractivity contribution in [2.75, 3.05) is 7.05 Å². The van der Waals surface area contributed by atoms with E-state index in [1.807, 2.05) is 31.3 Å². The molecule has 17 heavy (non-hydrogen) atoms. The molecule has 3 heteroatoms. The second-order valence-corrected chi connectivity index (χ2v) is 5.07. The fourth-order valence-corrected chi connectivity index (χ4v) is 2.53. The summed E-state index contributed by atoms with van der Waals surface area (Å²) in [5.41, 5.74) is 1.09. The van der Waals surface area contributed by atoms with Crippen molar-refractivity contribution in [1.29, 1.82) is 0 Å². The molecule has 0 unspecified atom stereocenters. The van der Waals surface area contributed by atoms with Gasteiger partial charge in [-0.2, -0.15) is 0 Å². The van der Waals surface area contributed by atoms with Crippen LogP contribution in [-0.4, -0.2) is 19.2 Å². The molecule has 0 aromatic heterocycles. The maximum atomic E-state index is 6.10. The molecule has 1 aromatic rings. The lowest BCUT2D eigenvalue weighted by Crippen LogP contribution is -2.32. The molecule has 0 atom stereocenters. The van der Waals surface area contributed by atoms with Gasteiger partial charge in [-0.3, -0.25) is 0 Å². The smallest absolute Gasteiger partial charge is 0.0735 e. The van der Waals surface area contributed by atoms with E-state index in [2.05, 4.69) is 5.32 Å². The highest BCUT2D eigenvalue weighted by Gasteiger charge is 2.20. The molecule has 0 saturated heterocycles. The minimum atomic E-state index is 0.399. The Labute approximate surface area is 108 Å². The third-order valence-electron chi connectivity index (χ3n) is 3.51. The van der Waals surface area contributed by atoms with Crippen molar-refractivity contribution >= 4 is 11.6 Å². The van der Waals surface area contributed by atoms with Crippen molar-refractivity contribution in [3.8, 4) is 0 Å². The van der Waals surface area contributed by atoms with Crippen molar-refractivity contribution in [3.63, 3.8) is 0 Å². The van der Waals surface area contributed by atoms with Crippen molar-refractivity contribution in [2.45, 2.75) is 44.4 Å². The van der Waals surface area contributed by atoms with Crippen LogP contribution in [0.4, 0.5) is 0 Å². The van der Waals surface area contributed by atoms with Crippen LogP contribution in [0.2, 0.25) is 5.02 Å². The lowest BCUT2D eigenvalue weighted by Gasteiger charge is -2.28. The number of hydrogen-bond acceptors (Lipinski definition) is 2. The first-order valence-corrected chi connectivity index (χ1v) is 6.69. The van der Waals surface area contributed by atoms with Crippen molar-refractivity contribution in [3.05, 3.63) is 34.9 Å². The van der Waals surface area contributed by atoms with E-state index >= 15 is 0 Å². The number of rotatable bonds is 4. The Hall–Kier alpha value is -0.570. The Kier molecular flexibility index (Phi) is 4.84. The number of halogens is 1. The molecule has 0 bridgehead atoms. The van der Waals surface area contributed by atoms with Crippen LogP contribution in [0.15, 0.2) is 24.3 Å². The van der Waals surface area contributed by atoms with Crippen LogP contribution in [0.1, 0.15) is 31.2 Å². The van der Waals surface area contributed by atoms with Gasteiger partial charge in [0.25, 0.3) is 0 Å². The zero-order chi connectivity index (χ0) is 12.1. The highest BCUT2D eigenvalue weighted by atomic mass is 35.5. The van der Waals surface area contributed by atoms with Gasteiger partial charge in [-0.05, 0) is 44.4 Å². The Morgan fingerprint density at radius 3 is 2.59 bits per heavy atom. The standard InChI is InChI=1S/C14H20ClNO/c1-16-12-6-8-13(9-7-12)17-10-11-4-2-3-5-14(11)15/h2-5,12-13,16H,6-10H2,1H3. The fraction of sp³-hybridized carbons (Fsp3) is 0.571. The van der Waals surface area contributed by atoms with Crippen LogP contribution in [0.3, 0.4) is 0 Å². The number of hydrogen-bond donors (Lipinski definition) is 1. The molecular weight excluding hydrogens is 234 g/mol. The summed E-state index contributed by atoms with van der Waals surface area (Å²) in [5.74, 6) is 0. The number of ether oxygens (including phenoxy) is 1. The highest BCUT2D eigenvalue weighted by molar-refractivity contribution is 6.31. The largest absolute Gasteiger partial charge is 0.373 e. The molecule has 0 spiro atoms. The molecule has 1 aliphatic carbocycles. The SMILES string of the molecule is CNC1CCC(OCc2ccccc2Cl)CC1. The molecule has 1 saturated carbocycles. The summed E-state index contributed by atoms with van der Waals surface area (Å²) in [5, 5.41) is 4.13. The third kappa shape index (κ3) is 3.70. The van der Waals surface area contributed by atoms with Gasteiger partial charge in [0, 0.05) is 11.1 Å². The van der Waals surface area contributed by atoms with Crippen LogP contribution in [0.5, 0.6) is 0 Å². The van der Waals surface area contributed by atoms with Gasteiger partial charge in [-0.25, -0.2) is 0 Å². The van der Waals surface area contributed by atoms with E-state index in [1.165, 1.54) is 12.8 Å². The topological polar surface area (TPSA) is 21.3 Å². The van der Waals surface area contributed by atoms with Crippen molar-refractivity contribution in [1.82, 2.24) is 5.32 Å². The molecule has 2 rings (SSSR count). The molecule has 0 amide bonds. The molecule has 0 radical (unpaired) electrons. The quantitative estimate of drug-likeness (QED) is 0.888. The lowest BCUT2D eigenvalue weighted by molar-refractivity contribution is 0.0119. The molecule has 1 N–H and O–H groups in total. The summed E-state index contributed by atoms with van der Waals surface area (Å²) in [4.78, 5) is 0. The summed E-state index contributed by atoms with van der Waals surface area (Å²) < 4.78 is 5.93. The Bertz CT molecular complexity index is 348. The number of benzene rings is 1. The molecular formula is C14H20ClNO. The van der Waals surface area contributed by atoms with Crippen LogP contribution in [0.25, 0.3) is 0 Å². The van der Waals surface area contributed by atoms with E-state index in [9.17, 15) is 0 Å². The fourth-order valence-electron chi connectivity index (χ4n) is 2.34. The van der Waals surface area contributed by atoms with E-state index in [0.717, 1.165) is 23.4 Å². The van der Waals surface area contributed by atoms with Crippen molar-refractivity contribution < 1.29 is 4.74 Å². The Morgan fingerprint density at radius 1 is 1.24 bits per heavy atom. The average Bonchev–Trinajstić information content (AvgIpc) is 2.38. The second kappa shape index (κ2) is 6.39. The monoisotopic (exact) mass is 253 g/mol. The van der Waals surface area contributed by atoms with Gasteiger partial charge < -0.3 is 10.1 Å². The van der Waals surface area contributed by atoms with Crippen molar-refractivity contribution in [2.24, 2.45) is 0 Å². The molecule has 1 aromatic carbocycles. The summed E-state index contributed by atoms with van der Waals surface area (Å²) in [6, 6.07) is 8.57. The zero-order valence-corrected chi connectivity index (χ0v) is 11.0. The molecule has 2 nitrogen and oxygen atoms in total. The summed E-state index contributed by atoms with van der Waals surface area (Å²) in [6.07, 6.45) is 5.12. The van der Waals surface area contributed by atoms with Gasteiger partial charge in [0.05, 0.1) is 12.7 Å². The van der Waals surface area contributed by atoms with E-state index in [4.69, 9.17) is 16.3 Å². The maximum Gasteiger partial charge on any atom is 0.0735 e. The molecule has 94 valence electrons. The first kappa shape index (κ1) is 12.9. The van der Waals surface area contributed by atoms with E-state index in [1.54, 1.807) is 0 Å². The highest BCUT2D eigenvalue weighted by Crippen LogP contribution is 2.23. The van der Waals surface area contributed by atoms with Crippen LogP contribution < -0.4 is 5.32 Å². The molecule has 0 heterocycles. The average molecular weight is 254 g/mol. The third-order valence-corrected chi connectivity index (χ3v) is 3.88. The lowest BCUT2D eigenvalue weighted by atomic mass is 9.93. The molecule has 1 fully saturated rings. The van der Waals surface area contributed by atoms with Gasteiger partial charge in [0.1, 0.15) is 0 Å². The van der Waals surface area contributed by atoms with E-state index in [0.29, 0.717) is 18.8 Å². The van der Waals surface area contributed by atoms with Crippen LogP contribution in [-0.2, 0) is 11.3 Å². The van der Waals surface area contributed by atoms with E-state index < -0.39 is 0 Å². The van der Waals surface area contributed by atoms with Gasteiger partial charge in [-0.15, -0.1) is 0 Å². The molecule has 1 aliphatic rings. The predicted octanol–water partition coefficient (Wildman–Crippen LogP) is 3.39. The van der Waals surface area contributed by atoms with Gasteiger partial charge in [0.15, 0.2) is 0 Å². The van der Waals surface area contributed by atoms with Gasteiger partial charge in [-0.1, -0.05) is 29.8 Å². The summed E-state index contributed by atoms with van der Waals surface area (Å²) >= 11 is 6.10. The van der Waals surface area contributed by atoms with E-state index in [-0.39, 0.29) is 0 Å². The summed E-state index contributed by atoms with van der Waals surface area (Å²) in [6.45, 7) is 0.633. The minimum absolute atomic E-state index is 0.399. The normalized spacial score (nSPS) is 24.8. The minimum Gasteiger partial charge on any atom is -0.373 e. The zero-order valence-electron chi connectivity index (χ0n) is 10.3. The van der Waals surface area contributed by atoms with Crippen LogP contribution in [0, 0.1) is 0 Å².